The molecule has 32 heavy (non-hydrogen) atoms. The maximum Gasteiger partial charge on any atom is 0.303 e. The molecule has 168 valence electrons. The van der Waals surface area contributed by atoms with E-state index >= 15 is 0 Å². The second-order valence-corrected chi connectivity index (χ2v) is 7.80. The van der Waals surface area contributed by atoms with Crippen LogP contribution in [0.5, 0.6) is 11.5 Å². The molecule has 0 spiro atoms. The number of hydrogen-bond donors (Lipinski definition) is 0. The first-order valence-electron chi connectivity index (χ1n) is 10.3. The Labute approximate surface area is 186 Å². The van der Waals surface area contributed by atoms with Crippen LogP contribution in [-0.2, 0) is 35.8 Å². The molecule has 2 aromatic rings. The lowest BCUT2D eigenvalue weighted by molar-refractivity contribution is -0.167. The minimum absolute atomic E-state index is 0.353. The fourth-order valence-corrected chi connectivity index (χ4v) is 4.91. The summed E-state index contributed by atoms with van der Waals surface area (Å²) in [4.78, 5) is 39.3. The Hall–Kier alpha value is -3.55. The second-order valence-electron chi connectivity index (χ2n) is 7.80. The third-order valence-corrected chi connectivity index (χ3v) is 6.05. The van der Waals surface area contributed by atoms with Gasteiger partial charge in [-0.15, -0.1) is 0 Å². The number of methoxy groups -OCH3 is 2. The Morgan fingerprint density at radius 3 is 2.19 bits per heavy atom. The van der Waals surface area contributed by atoms with Gasteiger partial charge in [-0.3, -0.25) is 14.4 Å². The fourth-order valence-electron chi connectivity index (χ4n) is 4.91. The summed E-state index contributed by atoms with van der Waals surface area (Å²) in [5.41, 5.74) is 1.21. The van der Waals surface area contributed by atoms with E-state index < -0.39 is 35.6 Å². The molecule has 0 bridgehead atoms. The fraction of sp³-hybridized carbons (Fsp3) is 0.375. The van der Waals surface area contributed by atoms with E-state index in [1.165, 1.54) is 21.0 Å². The predicted octanol–water partition coefficient (Wildman–Crippen LogP) is 2.21. The predicted molar refractivity (Wildman–Crippen MR) is 113 cm³/mol. The van der Waals surface area contributed by atoms with Gasteiger partial charge in [-0.2, -0.15) is 0 Å². The molecule has 4 rings (SSSR count). The highest BCUT2D eigenvalue weighted by molar-refractivity contribution is 5.90. The van der Waals surface area contributed by atoms with Crippen molar-refractivity contribution in [2.45, 2.75) is 38.0 Å². The summed E-state index contributed by atoms with van der Waals surface area (Å²) in [5, 5.41) is 0. The Kier molecular flexibility index (Phi) is 5.54. The van der Waals surface area contributed by atoms with Gasteiger partial charge in [-0.25, -0.2) is 0 Å². The molecule has 8 heteroatoms. The molecule has 2 heterocycles. The van der Waals surface area contributed by atoms with Crippen molar-refractivity contribution >= 4 is 17.8 Å². The summed E-state index contributed by atoms with van der Waals surface area (Å²) in [6.07, 6.45) is -1.80. The second kappa shape index (κ2) is 8.18. The summed E-state index contributed by atoms with van der Waals surface area (Å²) < 4.78 is 22.2. The smallest absolute Gasteiger partial charge is 0.303 e. The minimum atomic E-state index is -1.27. The molecule has 3 atom stereocenters. The maximum absolute atomic E-state index is 13.5. The van der Waals surface area contributed by atoms with Gasteiger partial charge in [0.2, 0.25) is 6.10 Å². The van der Waals surface area contributed by atoms with Gasteiger partial charge < -0.3 is 23.8 Å². The highest BCUT2D eigenvalue weighted by atomic mass is 16.6. The summed E-state index contributed by atoms with van der Waals surface area (Å²) in [7, 11) is 3.09. The van der Waals surface area contributed by atoms with Gasteiger partial charge in [0.15, 0.2) is 17.6 Å². The molecule has 0 saturated carbocycles. The van der Waals surface area contributed by atoms with Crippen LogP contribution in [0.4, 0.5) is 0 Å². The number of esters is 2. The maximum atomic E-state index is 13.5. The number of carbonyl (C=O) groups excluding carboxylic acids is 3. The molecular formula is C24H25NO7. The zero-order chi connectivity index (χ0) is 23.0. The van der Waals surface area contributed by atoms with Crippen molar-refractivity contribution in [3.05, 3.63) is 59.2 Å². The van der Waals surface area contributed by atoms with Crippen molar-refractivity contribution in [2.24, 2.45) is 0 Å². The number of benzene rings is 2. The number of nitrogens with zero attached hydrogens (tertiary/aromatic N) is 1. The van der Waals surface area contributed by atoms with Crippen molar-refractivity contribution in [1.82, 2.24) is 4.90 Å². The zero-order valence-corrected chi connectivity index (χ0v) is 18.4. The lowest BCUT2D eigenvalue weighted by atomic mass is 9.73. The third-order valence-electron chi connectivity index (χ3n) is 6.05. The summed E-state index contributed by atoms with van der Waals surface area (Å²) in [6, 6.07) is 13.0. The number of ether oxygens (including phenoxy) is 4. The van der Waals surface area contributed by atoms with Crippen LogP contribution in [0.3, 0.4) is 0 Å². The van der Waals surface area contributed by atoms with Gasteiger partial charge in [-0.1, -0.05) is 30.3 Å². The quantitative estimate of drug-likeness (QED) is 0.660. The van der Waals surface area contributed by atoms with Gasteiger partial charge in [0.25, 0.3) is 5.91 Å². The van der Waals surface area contributed by atoms with E-state index in [-0.39, 0.29) is 0 Å². The van der Waals surface area contributed by atoms with E-state index in [1.54, 1.807) is 12.0 Å². The summed E-state index contributed by atoms with van der Waals surface area (Å²) in [6.45, 7) is 2.85. The van der Waals surface area contributed by atoms with E-state index in [9.17, 15) is 14.4 Å². The molecule has 1 amide bonds. The highest BCUT2D eigenvalue weighted by Gasteiger charge is 2.65. The molecule has 0 unspecified atom stereocenters. The largest absolute Gasteiger partial charge is 0.493 e. The van der Waals surface area contributed by atoms with Gasteiger partial charge >= 0.3 is 11.9 Å². The van der Waals surface area contributed by atoms with E-state index in [4.69, 9.17) is 18.9 Å². The van der Waals surface area contributed by atoms with E-state index in [0.29, 0.717) is 24.5 Å². The normalized spacial score (nSPS) is 23.8. The molecule has 0 aliphatic carbocycles. The third kappa shape index (κ3) is 3.18. The van der Waals surface area contributed by atoms with Crippen LogP contribution < -0.4 is 9.47 Å². The van der Waals surface area contributed by atoms with Gasteiger partial charge in [0, 0.05) is 20.4 Å². The first-order valence-corrected chi connectivity index (χ1v) is 10.3. The first kappa shape index (κ1) is 21.7. The van der Waals surface area contributed by atoms with E-state index in [1.807, 2.05) is 42.5 Å². The Morgan fingerprint density at radius 1 is 0.969 bits per heavy atom. The highest BCUT2D eigenvalue weighted by Crippen LogP contribution is 2.52. The lowest BCUT2D eigenvalue weighted by Crippen LogP contribution is -2.54. The number of amides is 1. The van der Waals surface area contributed by atoms with Crippen molar-refractivity contribution in [3.63, 3.8) is 0 Å². The molecule has 1 fully saturated rings. The van der Waals surface area contributed by atoms with Crippen LogP contribution in [0.1, 0.15) is 30.5 Å². The van der Waals surface area contributed by atoms with Crippen molar-refractivity contribution in [1.29, 1.82) is 0 Å². The first-order chi connectivity index (χ1) is 15.3. The van der Waals surface area contributed by atoms with E-state index in [0.717, 1.165) is 16.7 Å². The average Bonchev–Trinajstić information content (AvgIpc) is 3.01. The molecule has 8 nitrogen and oxygen atoms in total. The SMILES string of the molecule is COc1cc2c(cc1OC)[C@@]1(c3ccccc3)[C@H](OC(C)=O)[C@@H](OC(C)=O)C(=O)N1CC2. The minimum Gasteiger partial charge on any atom is -0.493 e. The molecule has 0 N–H and O–H groups in total. The number of rotatable bonds is 5. The average molecular weight is 439 g/mol. The molecule has 2 aliphatic heterocycles. The van der Waals surface area contributed by atoms with Crippen LogP contribution in [0, 0.1) is 0 Å². The van der Waals surface area contributed by atoms with Crippen molar-refractivity contribution in [2.75, 3.05) is 20.8 Å². The summed E-state index contributed by atoms with van der Waals surface area (Å²) >= 11 is 0. The topological polar surface area (TPSA) is 91.4 Å². The van der Waals surface area contributed by atoms with Gasteiger partial charge in [0.1, 0.15) is 5.54 Å². The summed E-state index contributed by atoms with van der Waals surface area (Å²) in [5.74, 6) is -0.572. The van der Waals surface area contributed by atoms with E-state index in [2.05, 4.69) is 0 Å². The molecular weight excluding hydrogens is 414 g/mol. The standard InChI is InChI=1S/C24H25NO7/c1-14(26)31-21-22(32-15(2)27)24(17-8-6-5-7-9-17)18-13-20(30-4)19(29-3)12-16(18)10-11-25(24)23(21)28/h5-9,12-13,21-22H,10-11H2,1-4H3/t21-,22-,24+/m1/s1. The van der Waals surface area contributed by atoms with Crippen LogP contribution >= 0.6 is 0 Å². The number of carbonyl (C=O) groups is 3. The van der Waals surface area contributed by atoms with Crippen LogP contribution in [0.15, 0.2) is 42.5 Å². The lowest BCUT2D eigenvalue weighted by Gasteiger charge is -2.46. The van der Waals surface area contributed by atoms with Crippen molar-refractivity contribution < 1.29 is 33.3 Å². The Balaban J connectivity index is 2.06. The Morgan fingerprint density at radius 2 is 1.59 bits per heavy atom. The molecule has 2 aliphatic rings. The van der Waals surface area contributed by atoms with Gasteiger partial charge in [0.05, 0.1) is 14.2 Å². The molecule has 0 aromatic heterocycles. The molecule has 0 radical (unpaired) electrons. The number of fused-ring (bicyclic) bond motifs is 3. The molecule has 1 saturated heterocycles. The Bertz CT molecular complexity index is 1070. The van der Waals surface area contributed by atoms with Crippen molar-refractivity contribution in [3.8, 4) is 11.5 Å². The number of hydrogen-bond acceptors (Lipinski definition) is 7. The monoisotopic (exact) mass is 439 g/mol. The van der Waals surface area contributed by atoms with Gasteiger partial charge in [-0.05, 0) is 35.2 Å². The van der Waals surface area contributed by atoms with Crippen LogP contribution in [-0.4, -0.2) is 55.7 Å². The zero-order valence-electron chi connectivity index (χ0n) is 18.4. The van der Waals surface area contributed by atoms with Crippen LogP contribution in [0.25, 0.3) is 0 Å². The van der Waals surface area contributed by atoms with Crippen LogP contribution in [0.2, 0.25) is 0 Å². The molecule has 2 aromatic carbocycles.